The van der Waals surface area contributed by atoms with Gasteiger partial charge in [0.25, 0.3) is 0 Å². The second-order valence-electron chi connectivity index (χ2n) is 5.25. The average molecular weight is 219 g/mol. The number of nitrogens with two attached hydrogens (primary N) is 1. The molecule has 1 aliphatic heterocycles. The lowest BCUT2D eigenvalue weighted by molar-refractivity contribution is 0.174. The van der Waals surface area contributed by atoms with Crippen LogP contribution in [0.4, 0.5) is 0 Å². The summed E-state index contributed by atoms with van der Waals surface area (Å²) in [6, 6.07) is 6.24. The van der Waals surface area contributed by atoms with Crippen LogP contribution in [0.5, 0.6) is 11.5 Å². The topological polar surface area (TPSA) is 44.5 Å². The third-order valence-corrected chi connectivity index (χ3v) is 4.06. The van der Waals surface area contributed by atoms with E-state index in [0.717, 1.165) is 18.0 Å². The Morgan fingerprint density at radius 3 is 2.75 bits per heavy atom. The highest BCUT2D eigenvalue weighted by Gasteiger charge is 2.57. The molecule has 1 saturated carbocycles. The quantitative estimate of drug-likeness (QED) is 0.828. The van der Waals surface area contributed by atoms with Crippen molar-refractivity contribution in [3.63, 3.8) is 0 Å². The molecule has 1 fully saturated rings. The van der Waals surface area contributed by atoms with Crippen LogP contribution in [0.2, 0.25) is 0 Å². The van der Waals surface area contributed by atoms with Gasteiger partial charge in [-0.05, 0) is 41.5 Å². The molecule has 0 amide bonds. The van der Waals surface area contributed by atoms with E-state index in [1.807, 2.05) is 6.07 Å². The van der Waals surface area contributed by atoms with E-state index in [4.69, 9.17) is 15.2 Å². The highest BCUT2D eigenvalue weighted by Crippen LogP contribution is 2.64. The SMILES string of the molecule is CC1(C)C(CN)C1c1ccc2c(c1)OCO2. The maximum Gasteiger partial charge on any atom is 0.231 e. The monoisotopic (exact) mass is 219 g/mol. The fourth-order valence-corrected chi connectivity index (χ4v) is 2.95. The average Bonchev–Trinajstić information content (AvgIpc) is 2.62. The van der Waals surface area contributed by atoms with Gasteiger partial charge in [0.1, 0.15) is 0 Å². The molecule has 2 unspecified atom stereocenters. The summed E-state index contributed by atoms with van der Waals surface area (Å²) in [5.41, 5.74) is 7.44. The van der Waals surface area contributed by atoms with Gasteiger partial charge in [0.2, 0.25) is 6.79 Å². The number of hydrogen-bond acceptors (Lipinski definition) is 3. The van der Waals surface area contributed by atoms with Gasteiger partial charge in [-0.3, -0.25) is 0 Å². The van der Waals surface area contributed by atoms with E-state index in [2.05, 4.69) is 26.0 Å². The molecule has 0 aromatic heterocycles. The van der Waals surface area contributed by atoms with Crippen LogP contribution >= 0.6 is 0 Å². The van der Waals surface area contributed by atoms with Crippen LogP contribution in [0, 0.1) is 11.3 Å². The highest BCUT2D eigenvalue weighted by atomic mass is 16.7. The van der Waals surface area contributed by atoms with Crippen molar-refractivity contribution in [1.29, 1.82) is 0 Å². The molecule has 16 heavy (non-hydrogen) atoms. The number of ether oxygens (including phenoxy) is 2. The summed E-state index contributed by atoms with van der Waals surface area (Å²) in [6.45, 7) is 5.65. The van der Waals surface area contributed by atoms with Crippen molar-refractivity contribution in [3.8, 4) is 11.5 Å². The molecule has 0 saturated heterocycles. The largest absolute Gasteiger partial charge is 0.454 e. The van der Waals surface area contributed by atoms with Crippen LogP contribution in [0.15, 0.2) is 18.2 Å². The van der Waals surface area contributed by atoms with Gasteiger partial charge in [-0.15, -0.1) is 0 Å². The second kappa shape index (κ2) is 3.14. The van der Waals surface area contributed by atoms with E-state index in [-0.39, 0.29) is 0 Å². The standard InChI is InChI=1S/C13H17NO2/c1-13(2)9(6-14)12(13)8-3-4-10-11(5-8)16-7-15-10/h3-5,9,12H,6-7,14H2,1-2H3. The summed E-state index contributed by atoms with van der Waals surface area (Å²) in [4.78, 5) is 0. The van der Waals surface area contributed by atoms with Gasteiger partial charge in [0.15, 0.2) is 11.5 Å². The van der Waals surface area contributed by atoms with Gasteiger partial charge in [-0.2, -0.15) is 0 Å². The Bertz CT molecular complexity index is 428. The summed E-state index contributed by atoms with van der Waals surface area (Å²) in [5.74, 6) is 2.88. The normalized spacial score (nSPS) is 29.2. The third kappa shape index (κ3) is 1.24. The lowest BCUT2D eigenvalue weighted by atomic mass is 10.0. The fourth-order valence-electron chi connectivity index (χ4n) is 2.95. The zero-order valence-corrected chi connectivity index (χ0v) is 9.69. The van der Waals surface area contributed by atoms with Crippen molar-refractivity contribution in [3.05, 3.63) is 23.8 Å². The first-order chi connectivity index (χ1) is 7.64. The number of fused-ring (bicyclic) bond motifs is 1. The van der Waals surface area contributed by atoms with E-state index >= 15 is 0 Å². The molecule has 0 spiro atoms. The summed E-state index contributed by atoms with van der Waals surface area (Å²) >= 11 is 0. The molecule has 1 aliphatic carbocycles. The maximum absolute atomic E-state index is 5.79. The lowest BCUT2D eigenvalue weighted by Crippen LogP contribution is -2.05. The van der Waals surface area contributed by atoms with Gasteiger partial charge >= 0.3 is 0 Å². The van der Waals surface area contributed by atoms with Gasteiger partial charge < -0.3 is 15.2 Å². The first-order valence-corrected chi connectivity index (χ1v) is 5.74. The second-order valence-corrected chi connectivity index (χ2v) is 5.25. The molecule has 1 heterocycles. The molecule has 1 aromatic rings. The van der Waals surface area contributed by atoms with E-state index in [9.17, 15) is 0 Å². The van der Waals surface area contributed by atoms with Crippen LogP contribution in [-0.4, -0.2) is 13.3 Å². The smallest absolute Gasteiger partial charge is 0.231 e. The van der Waals surface area contributed by atoms with Crippen LogP contribution < -0.4 is 15.2 Å². The molecule has 3 heteroatoms. The molecule has 1 aromatic carbocycles. The van der Waals surface area contributed by atoms with Crippen molar-refractivity contribution >= 4 is 0 Å². The summed E-state index contributed by atoms with van der Waals surface area (Å²) < 4.78 is 10.7. The molecular weight excluding hydrogens is 202 g/mol. The minimum Gasteiger partial charge on any atom is -0.454 e. The van der Waals surface area contributed by atoms with Crippen LogP contribution in [0.25, 0.3) is 0 Å². The van der Waals surface area contributed by atoms with E-state index in [1.165, 1.54) is 5.56 Å². The molecule has 0 radical (unpaired) electrons. The lowest BCUT2D eigenvalue weighted by Gasteiger charge is -2.04. The predicted octanol–water partition coefficient (Wildman–Crippen LogP) is 2.11. The zero-order valence-electron chi connectivity index (χ0n) is 9.69. The molecule has 2 N–H and O–H groups in total. The Morgan fingerprint density at radius 2 is 2.06 bits per heavy atom. The van der Waals surface area contributed by atoms with Crippen LogP contribution in [-0.2, 0) is 0 Å². The Hall–Kier alpha value is -1.22. The highest BCUT2D eigenvalue weighted by molar-refractivity contribution is 5.47. The number of hydrogen-bond donors (Lipinski definition) is 1. The van der Waals surface area contributed by atoms with Gasteiger partial charge in [0.05, 0.1) is 0 Å². The van der Waals surface area contributed by atoms with E-state index in [0.29, 0.717) is 24.0 Å². The molecule has 3 rings (SSSR count). The van der Waals surface area contributed by atoms with Gasteiger partial charge in [-0.25, -0.2) is 0 Å². The summed E-state index contributed by atoms with van der Waals surface area (Å²) in [7, 11) is 0. The van der Waals surface area contributed by atoms with Crippen LogP contribution in [0.3, 0.4) is 0 Å². The van der Waals surface area contributed by atoms with Crippen molar-refractivity contribution in [2.45, 2.75) is 19.8 Å². The molecule has 3 nitrogen and oxygen atoms in total. The maximum atomic E-state index is 5.79. The van der Waals surface area contributed by atoms with Crippen molar-refractivity contribution < 1.29 is 9.47 Å². The molecule has 86 valence electrons. The minimum absolute atomic E-state index is 0.322. The van der Waals surface area contributed by atoms with E-state index in [1.54, 1.807) is 0 Å². The van der Waals surface area contributed by atoms with Gasteiger partial charge in [-0.1, -0.05) is 19.9 Å². The van der Waals surface area contributed by atoms with Crippen molar-refractivity contribution in [2.24, 2.45) is 17.1 Å². The Labute approximate surface area is 95.5 Å². The Balaban J connectivity index is 1.92. The molecule has 0 bridgehead atoms. The van der Waals surface area contributed by atoms with Crippen molar-refractivity contribution in [2.75, 3.05) is 13.3 Å². The minimum atomic E-state index is 0.322. The first-order valence-electron chi connectivity index (χ1n) is 5.74. The molecule has 2 aliphatic rings. The van der Waals surface area contributed by atoms with E-state index < -0.39 is 0 Å². The Morgan fingerprint density at radius 1 is 1.31 bits per heavy atom. The first kappa shape index (κ1) is 9.97. The zero-order chi connectivity index (χ0) is 11.3. The summed E-state index contributed by atoms with van der Waals surface area (Å²) in [6.07, 6.45) is 0. The van der Waals surface area contributed by atoms with Gasteiger partial charge in [0, 0.05) is 0 Å². The molecule has 2 atom stereocenters. The fraction of sp³-hybridized carbons (Fsp3) is 0.538. The van der Waals surface area contributed by atoms with Crippen molar-refractivity contribution in [1.82, 2.24) is 0 Å². The number of rotatable bonds is 2. The Kier molecular flexibility index (Phi) is 1.96. The number of benzene rings is 1. The summed E-state index contributed by atoms with van der Waals surface area (Å²) in [5, 5.41) is 0. The molecular formula is C13H17NO2. The van der Waals surface area contributed by atoms with Crippen LogP contribution in [0.1, 0.15) is 25.3 Å². The predicted molar refractivity (Wildman–Crippen MR) is 61.6 cm³/mol. The third-order valence-electron chi connectivity index (χ3n) is 4.06.